The van der Waals surface area contributed by atoms with Gasteiger partial charge in [-0.3, -0.25) is 9.69 Å². The molecule has 2 aliphatic heterocycles. The summed E-state index contributed by atoms with van der Waals surface area (Å²) in [6, 6.07) is 1.04. The van der Waals surface area contributed by atoms with E-state index < -0.39 is 12.0 Å². The van der Waals surface area contributed by atoms with Gasteiger partial charge in [0.15, 0.2) is 0 Å². The van der Waals surface area contributed by atoms with Gasteiger partial charge in [-0.25, -0.2) is 9.78 Å². The fraction of sp³-hybridized carbons (Fsp3) is 0.400. The van der Waals surface area contributed by atoms with E-state index >= 15 is 0 Å². The number of aliphatic hydroxyl groups excluding tert-OH is 1. The first kappa shape index (κ1) is 18.2. The van der Waals surface area contributed by atoms with Crippen LogP contribution >= 0.6 is 23.5 Å². The van der Waals surface area contributed by atoms with Gasteiger partial charge in [0.05, 0.1) is 12.3 Å². The number of amides is 1. The van der Waals surface area contributed by atoms with Crippen molar-refractivity contribution in [3.63, 3.8) is 0 Å². The molecule has 4 rings (SSSR count). The summed E-state index contributed by atoms with van der Waals surface area (Å²) in [5.41, 5.74) is 6.87. The SMILES string of the molecule is Cc1nc2nc(CO)cc(SCC3=C(C(=O)O)N4C(=O)C(N)[C@@H]4SC3)n2n1. The molecule has 1 saturated heterocycles. The molecule has 12 heteroatoms. The average molecular weight is 408 g/mol. The van der Waals surface area contributed by atoms with Crippen LogP contribution in [0.2, 0.25) is 0 Å². The van der Waals surface area contributed by atoms with Crippen molar-refractivity contribution in [3.8, 4) is 0 Å². The van der Waals surface area contributed by atoms with E-state index in [1.54, 1.807) is 17.5 Å². The summed E-state index contributed by atoms with van der Waals surface area (Å²) >= 11 is 2.82. The van der Waals surface area contributed by atoms with E-state index in [9.17, 15) is 19.8 Å². The quantitative estimate of drug-likeness (QED) is 0.339. The number of hydrogen-bond acceptors (Lipinski definition) is 9. The minimum absolute atomic E-state index is 0.0143. The molecule has 1 fully saturated rings. The van der Waals surface area contributed by atoms with Gasteiger partial charge in [-0.1, -0.05) is 0 Å². The fourth-order valence-electron chi connectivity index (χ4n) is 3.02. The van der Waals surface area contributed by atoms with E-state index in [2.05, 4.69) is 15.1 Å². The summed E-state index contributed by atoms with van der Waals surface area (Å²) in [5, 5.41) is 23.7. The fourth-order valence-corrected chi connectivity index (χ4v) is 5.47. The molecule has 0 saturated carbocycles. The van der Waals surface area contributed by atoms with Crippen LogP contribution in [0.3, 0.4) is 0 Å². The molecule has 2 atom stereocenters. The summed E-state index contributed by atoms with van der Waals surface area (Å²) in [5.74, 6) is 0.242. The number of fused-ring (bicyclic) bond motifs is 2. The third kappa shape index (κ3) is 2.98. The van der Waals surface area contributed by atoms with Gasteiger partial charge in [0.2, 0.25) is 5.91 Å². The topological polar surface area (TPSA) is 147 Å². The highest BCUT2D eigenvalue weighted by Crippen LogP contribution is 2.40. The third-order valence-corrected chi connectivity index (χ3v) is 6.73. The lowest BCUT2D eigenvalue weighted by molar-refractivity contribution is -0.147. The first-order valence-corrected chi connectivity index (χ1v) is 10.1. The molecule has 2 aromatic heterocycles. The van der Waals surface area contributed by atoms with Crippen LogP contribution in [0.5, 0.6) is 0 Å². The number of carbonyl (C=O) groups excluding carboxylic acids is 1. The van der Waals surface area contributed by atoms with Gasteiger partial charge in [0.25, 0.3) is 5.78 Å². The Labute approximate surface area is 161 Å². The smallest absolute Gasteiger partial charge is 0.352 e. The van der Waals surface area contributed by atoms with Crippen LogP contribution in [0.25, 0.3) is 5.78 Å². The van der Waals surface area contributed by atoms with Crippen molar-refractivity contribution in [2.75, 3.05) is 11.5 Å². The summed E-state index contributed by atoms with van der Waals surface area (Å²) in [7, 11) is 0. The lowest BCUT2D eigenvalue weighted by atomic mass is 10.0. The van der Waals surface area contributed by atoms with Gasteiger partial charge in [-0.05, 0) is 18.6 Å². The predicted octanol–water partition coefficient (Wildman–Crippen LogP) is -0.402. The summed E-state index contributed by atoms with van der Waals surface area (Å²) in [4.78, 5) is 33.5. The van der Waals surface area contributed by atoms with Crippen molar-refractivity contribution < 1.29 is 19.8 Å². The van der Waals surface area contributed by atoms with Crippen molar-refractivity contribution in [2.45, 2.75) is 30.0 Å². The Morgan fingerprint density at radius 3 is 2.96 bits per heavy atom. The Bertz CT molecular complexity index is 990. The number of thioether (sulfide) groups is 2. The molecule has 1 unspecified atom stereocenters. The van der Waals surface area contributed by atoms with Gasteiger partial charge < -0.3 is 15.9 Å². The second-order valence-electron chi connectivity index (χ2n) is 6.10. The molecule has 4 N–H and O–H groups in total. The monoisotopic (exact) mass is 408 g/mol. The van der Waals surface area contributed by atoms with Gasteiger partial charge in [-0.2, -0.15) is 9.50 Å². The highest BCUT2D eigenvalue weighted by molar-refractivity contribution is 8.01. The van der Waals surface area contributed by atoms with E-state index in [4.69, 9.17) is 5.73 Å². The molecule has 142 valence electrons. The molecule has 0 aromatic carbocycles. The maximum absolute atomic E-state index is 12.0. The maximum Gasteiger partial charge on any atom is 0.352 e. The van der Waals surface area contributed by atoms with E-state index in [0.717, 1.165) is 0 Å². The Hall–Kier alpha value is -2.15. The normalized spacial score (nSPS) is 22.2. The van der Waals surface area contributed by atoms with Crippen molar-refractivity contribution in [2.24, 2.45) is 5.73 Å². The number of aliphatic hydroxyl groups is 1. The van der Waals surface area contributed by atoms with Crippen molar-refractivity contribution in [1.82, 2.24) is 24.5 Å². The first-order chi connectivity index (χ1) is 12.9. The van der Waals surface area contributed by atoms with Crippen LogP contribution in [-0.2, 0) is 16.2 Å². The van der Waals surface area contributed by atoms with Crippen molar-refractivity contribution in [3.05, 3.63) is 28.9 Å². The highest BCUT2D eigenvalue weighted by Gasteiger charge is 2.51. The van der Waals surface area contributed by atoms with Crippen LogP contribution in [0, 0.1) is 6.92 Å². The second-order valence-corrected chi connectivity index (χ2v) is 8.20. The minimum atomic E-state index is -1.14. The molecule has 2 aliphatic rings. The van der Waals surface area contributed by atoms with Crippen molar-refractivity contribution in [1.29, 1.82) is 0 Å². The number of aliphatic carboxylic acids is 1. The molecular formula is C15H16N6O4S2. The number of rotatable bonds is 5. The average Bonchev–Trinajstić information content (AvgIpc) is 3.04. The number of aryl methyl sites for hydroxylation is 1. The van der Waals surface area contributed by atoms with E-state index in [-0.39, 0.29) is 23.6 Å². The molecule has 0 bridgehead atoms. The van der Waals surface area contributed by atoms with Gasteiger partial charge >= 0.3 is 5.97 Å². The third-order valence-electron chi connectivity index (χ3n) is 4.29. The highest BCUT2D eigenvalue weighted by atomic mass is 32.2. The largest absolute Gasteiger partial charge is 0.477 e. The molecule has 27 heavy (non-hydrogen) atoms. The van der Waals surface area contributed by atoms with Gasteiger partial charge in [-0.15, -0.1) is 28.6 Å². The number of nitrogens with zero attached hydrogens (tertiary/aromatic N) is 5. The number of hydrogen-bond donors (Lipinski definition) is 3. The zero-order valence-corrected chi connectivity index (χ0v) is 15.8. The number of nitrogens with two attached hydrogens (primary N) is 1. The Morgan fingerprint density at radius 1 is 1.48 bits per heavy atom. The maximum atomic E-state index is 12.0. The zero-order chi connectivity index (χ0) is 19.3. The first-order valence-electron chi connectivity index (χ1n) is 8.03. The molecule has 1 amide bonds. The molecule has 10 nitrogen and oxygen atoms in total. The Morgan fingerprint density at radius 2 is 2.26 bits per heavy atom. The summed E-state index contributed by atoms with van der Waals surface area (Å²) in [6.07, 6.45) is 0. The second kappa shape index (κ2) is 6.78. The Balaban J connectivity index is 1.65. The van der Waals surface area contributed by atoms with Gasteiger partial charge in [0.1, 0.15) is 28.0 Å². The molecule has 2 aromatic rings. The molecule has 4 heterocycles. The molecule has 0 radical (unpaired) electrons. The molecule has 0 spiro atoms. The summed E-state index contributed by atoms with van der Waals surface area (Å²) < 4.78 is 1.56. The van der Waals surface area contributed by atoms with E-state index in [0.29, 0.717) is 39.4 Å². The number of carbonyl (C=O) groups is 2. The lowest BCUT2D eigenvalue weighted by Gasteiger charge is -2.48. The number of carboxylic acids is 1. The molecular weight excluding hydrogens is 392 g/mol. The zero-order valence-electron chi connectivity index (χ0n) is 14.2. The van der Waals surface area contributed by atoms with Crippen LogP contribution < -0.4 is 5.73 Å². The van der Waals surface area contributed by atoms with Crippen LogP contribution in [0.15, 0.2) is 22.4 Å². The predicted molar refractivity (Wildman–Crippen MR) is 97.9 cm³/mol. The molecule has 0 aliphatic carbocycles. The number of carboxylic acid groups (broad SMARTS) is 1. The van der Waals surface area contributed by atoms with E-state index in [1.807, 2.05) is 0 Å². The van der Waals surface area contributed by atoms with Crippen LogP contribution in [0.1, 0.15) is 11.5 Å². The van der Waals surface area contributed by atoms with Crippen LogP contribution in [0.4, 0.5) is 0 Å². The van der Waals surface area contributed by atoms with Crippen LogP contribution in [-0.4, -0.2) is 69.5 Å². The Kier molecular flexibility index (Phi) is 4.58. The van der Waals surface area contributed by atoms with E-state index in [1.165, 1.54) is 28.4 Å². The number of β-lactam (4-membered cyclic amide) rings is 1. The summed E-state index contributed by atoms with van der Waals surface area (Å²) in [6.45, 7) is 1.50. The number of aromatic nitrogens is 4. The minimum Gasteiger partial charge on any atom is -0.477 e. The van der Waals surface area contributed by atoms with Gasteiger partial charge in [0, 0.05) is 11.5 Å². The lowest BCUT2D eigenvalue weighted by Crippen LogP contribution is -2.68. The van der Waals surface area contributed by atoms with Crippen molar-refractivity contribution >= 4 is 41.2 Å². The standard InChI is InChI=1S/C15H16N6O4S2/c1-6-17-15-18-8(3-22)2-9(21(15)19-6)26-4-7-5-27-13-10(16)12(23)20(13)11(7)14(24)25/h2,10,13,22H,3-5,16H2,1H3,(H,24,25)/t10?,13-/m0/s1.